The van der Waals surface area contributed by atoms with Crippen LogP contribution < -0.4 is 5.32 Å². The van der Waals surface area contributed by atoms with Crippen molar-refractivity contribution in [1.29, 1.82) is 0 Å². The first-order chi connectivity index (χ1) is 7.72. The minimum Gasteiger partial charge on any atom is -0.380 e. The molecule has 1 N–H and O–H groups in total. The molecule has 1 aliphatic carbocycles. The summed E-state index contributed by atoms with van der Waals surface area (Å²) < 4.78 is 5.56. The van der Waals surface area contributed by atoms with Gasteiger partial charge in [0.1, 0.15) is 0 Å². The van der Waals surface area contributed by atoms with E-state index in [0.29, 0.717) is 5.92 Å². The van der Waals surface area contributed by atoms with Gasteiger partial charge in [0.15, 0.2) is 0 Å². The van der Waals surface area contributed by atoms with E-state index in [2.05, 4.69) is 37.8 Å². The van der Waals surface area contributed by atoms with Gasteiger partial charge in [-0.1, -0.05) is 20.8 Å². The maximum Gasteiger partial charge on any atom is 0.0591 e. The summed E-state index contributed by atoms with van der Waals surface area (Å²) in [4.78, 5) is 0. The normalized spacial score (nSPS) is 25.5. The average Bonchev–Trinajstić information content (AvgIpc) is 2.65. The van der Waals surface area contributed by atoms with Crippen molar-refractivity contribution < 1.29 is 4.74 Å². The summed E-state index contributed by atoms with van der Waals surface area (Å²) in [6.07, 6.45) is 4.09. The van der Waals surface area contributed by atoms with Crippen molar-refractivity contribution in [2.24, 2.45) is 5.92 Å². The van der Waals surface area contributed by atoms with Crippen LogP contribution in [0.25, 0.3) is 0 Å². The third-order valence-electron chi connectivity index (χ3n) is 2.92. The first kappa shape index (κ1) is 14.3. The lowest BCUT2D eigenvalue weighted by molar-refractivity contribution is 0.110. The SMILES string of the molecule is CCSC1CCC(NCCOCC(C)C)C1. The Labute approximate surface area is 105 Å². The molecule has 2 unspecified atom stereocenters. The standard InChI is InChI=1S/C13H27NOS/c1-4-16-13-6-5-12(9-13)14-7-8-15-10-11(2)3/h11-14H,4-10H2,1-3H3. The van der Waals surface area contributed by atoms with Crippen molar-refractivity contribution >= 4 is 11.8 Å². The number of ether oxygens (including phenoxy) is 1. The third kappa shape index (κ3) is 6.12. The number of thioether (sulfide) groups is 1. The smallest absolute Gasteiger partial charge is 0.0591 e. The summed E-state index contributed by atoms with van der Waals surface area (Å²) in [6.45, 7) is 9.40. The molecule has 0 aromatic rings. The van der Waals surface area contributed by atoms with E-state index < -0.39 is 0 Å². The van der Waals surface area contributed by atoms with Crippen LogP contribution in [-0.2, 0) is 4.74 Å². The minimum absolute atomic E-state index is 0.650. The van der Waals surface area contributed by atoms with Gasteiger partial charge in [-0.05, 0) is 30.9 Å². The average molecular weight is 245 g/mol. The van der Waals surface area contributed by atoms with Crippen molar-refractivity contribution in [3.05, 3.63) is 0 Å². The summed E-state index contributed by atoms with van der Waals surface area (Å²) in [5, 5.41) is 4.51. The van der Waals surface area contributed by atoms with Gasteiger partial charge in [-0.25, -0.2) is 0 Å². The summed E-state index contributed by atoms with van der Waals surface area (Å²) in [5.41, 5.74) is 0. The van der Waals surface area contributed by atoms with E-state index in [1.165, 1.54) is 25.0 Å². The van der Waals surface area contributed by atoms with Gasteiger partial charge in [-0.2, -0.15) is 11.8 Å². The molecule has 0 spiro atoms. The molecule has 2 atom stereocenters. The van der Waals surface area contributed by atoms with Crippen LogP contribution in [0, 0.1) is 5.92 Å². The van der Waals surface area contributed by atoms with Gasteiger partial charge < -0.3 is 10.1 Å². The van der Waals surface area contributed by atoms with Crippen LogP contribution >= 0.6 is 11.8 Å². The Morgan fingerprint density at radius 2 is 2.19 bits per heavy atom. The molecule has 1 rings (SSSR count). The molecule has 0 aromatic heterocycles. The number of hydrogen-bond acceptors (Lipinski definition) is 3. The molecular weight excluding hydrogens is 218 g/mol. The van der Waals surface area contributed by atoms with E-state index in [4.69, 9.17) is 4.74 Å². The highest BCUT2D eigenvalue weighted by molar-refractivity contribution is 7.99. The van der Waals surface area contributed by atoms with Gasteiger partial charge in [0.2, 0.25) is 0 Å². The van der Waals surface area contributed by atoms with Crippen molar-refractivity contribution in [3.8, 4) is 0 Å². The van der Waals surface area contributed by atoms with Gasteiger partial charge in [-0.15, -0.1) is 0 Å². The second-order valence-electron chi connectivity index (χ2n) is 5.01. The molecule has 1 aliphatic rings. The minimum atomic E-state index is 0.650. The van der Waals surface area contributed by atoms with E-state index in [1.54, 1.807) is 0 Å². The van der Waals surface area contributed by atoms with Crippen LogP contribution in [0.4, 0.5) is 0 Å². The lowest BCUT2D eigenvalue weighted by Crippen LogP contribution is -2.30. The highest BCUT2D eigenvalue weighted by Gasteiger charge is 2.23. The van der Waals surface area contributed by atoms with Crippen LogP contribution in [0.2, 0.25) is 0 Å². The van der Waals surface area contributed by atoms with Gasteiger partial charge in [0, 0.05) is 24.4 Å². The molecule has 1 saturated carbocycles. The molecular formula is C13H27NOS. The Morgan fingerprint density at radius 1 is 1.38 bits per heavy atom. The fraction of sp³-hybridized carbons (Fsp3) is 1.00. The molecule has 0 heterocycles. The number of hydrogen-bond donors (Lipinski definition) is 1. The Kier molecular flexibility index (Phi) is 7.50. The summed E-state index contributed by atoms with van der Waals surface area (Å²) in [5.74, 6) is 1.91. The summed E-state index contributed by atoms with van der Waals surface area (Å²) >= 11 is 2.12. The van der Waals surface area contributed by atoms with Gasteiger partial charge in [-0.3, -0.25) is 0 Å². The lowest BCUT2D eigenvalue weighted by atomic mass is 10.2. The Hall–Kier alpha value is 0.270. The summed E-state index contributed by atoms with van der Waals surface area (Å²) in [7, 11) is 0. The first-order valence-corrected chi connectivity index (χ1v) is 7.70. The lowest BCUT2D eigenvalue weighted by Gasteiger charge is -2.13. The van der Waals surface area contributed by atoms with Crippen LogP contribution in [0.5, 0.6) is 0 Å². The Morgan fingerprint density at radius 3 is 2.88 bits per heavy atom. The van der Waals surface area contributed by atoms with Crippen molar-refractivity contribution in [2.45, 2.75) is 51.3 Å². The van der Waals surface area contributed by atoms with Crippen molar-refractivity contribution in [3.63, 3.8) is 0 Å². The molecule has 0 aliphatic heterocycles. The van der Waals surface area contributed by atoms with E-state index >= 15 is 0 Å². The van der Waals surface area contributed by atoms with Gasteiger partial charge >= 0.3 is 0 Å². The molecule has 0 radical (unpaired) electrons. The zero-order valence-electron chi connectivity index (χ0n) is 11.0. The highest BCUT2D eigenvalue weighted by atomic mass is 32.2. The van der Waals surface area contributed by atoms with Crippen LogP contribution in [0.3, 0.4) is 0 Å². The predicted molar refractivity (Wildman–Crippen MR) is 73.2 cm³/mol. The Balaban J connectivity index is 1.94. The highest BCUT2D eigenvalue weighted by Crippen LogP contribution is 2.29. The van der Waals surface area contributed by atoms with Gasteiger partial charge in [0.05, 0.1) is 6.61 Å². The second-order valence-corrected chi connectivity index (χ2v) is 6.59. The zero-order chi connectivity index (χ0) is 11.8. The number of nitrogens with one attached hydrogen (secondary N) is 1. The van der Waals surface area contributed by atoms with Gasteiger partial charge in [0.25, 0.3) is 0 Å². The van der Waals surface area contributed by atoms with E-state index in [0.717, 1.165) is 31.1 Å². The predicted octanol–water partition coefficient (Wildman–Crippen LogP) is 2.92. The summed E-state index contributed by atoms with van der Waals surface area (Å²) in [6, 6.07) is 0.742. The molecule has 96 valence electrons. The quantitative estimate of drug-likeness (QED) is 0.664. The molecule has 0 amide bonds. The van der Waals surface area contributed by atoms with Crippen LogP contribution in [-0.4, -0.2) is 36.8 Å². The molecule has 0 bridgehead atoms. The maximum atomic E-state index is 5.56. The number of rotatable bonds is 8. The molecule has 1 fully saturated rings. The molecule has 2 nitrogen and oxygen atoms in total. The third-order valence-corrected chi connectivity index (χ3v) is 4.15. The maximum absolute atomic E-state index is 5.56. The van der Waals surface area contributed by atoms with Crippen LogP contribution in [0.1, 0.15) is 40.0 Å². The fourth-order valence-corrected chi connectivity index (χ4v) is 3.31. The molecule has 16 heavy (non-hydrogen) atoms. The Bertz CT molecular complexity index is 175. The second kappa shape index (κ2) is 8.37. The first-order valence-electron chi connectivity index (χ1n) is 6.65. The topological polar surface area (TPSA) is 21.3 Å². The monoisotopic (exact) mass is 245 g/mol. The van der Waals surface area contributed by atoms with Crippen molar-refractivity contribution in [2.75, 3.05) is 25.5 Å². The van der Waals surface area contributed by atoms with E-state index in [9.17, 15) is 0 Å². The van der Waals surface area contributed by atoms with E-state index in [-0.39, 0.29) is 0 Å². The van der Waals surface area contributed by atoms with Crippen molar-refractivity contribution in [1.82, 2.24) is 5.32 Å². The zero-order valence-corrected chi connectivity index (χ0v) is 11.8. The molecule has 0 saturated heterocycles. The fourth-order valence-electron chi connectivity index (χ4n) is 2.17. The largest absolute Gasteiger partial charge is 0.380 e. The molecule has 3 heteroatoms. The molecule has 0 aromatic carbocycles. The van der Waals surface area contributed by atoms with E-state index in [1.807, 2.05) is 0 Å². The van der Waals surface area contributed by atoms with Crippen LogP contribution in [0.15, 0.2) is 0 Å².